The van der Waals surface area contributed by atoms with Gasteiger partial charge in [0.15, 0.2) is 23.0 Å². The van der Waals surface area contributed by atoms with Crippen LogP contribution in [0.25, 0.3) is 21.5 Å². The molecule has 3 aromatic rings. The van der Waals surface area contributed by atoms with Crippen LogP contribution in [0.1, 0.15) is 0 Å². The normalized spacial score (nSPS) is 10.9. The molecule has 3 aromatic carbocycles. The molecule has 0 saturated heterocycles. The zero-order valence-electron chi connectivity index (χ0n) is 12.5. The summed E-state index contributed by atoms with van der Waals surface area (Å²) in [5.74, 6) is 1.19. The molecule has 3 rings (SSSR count). The third-order valence-corrected chi connectivity index (χ3v) is 3.73. The number of aromatic hydroxyl groups is 2. The SMILES string of the molecule is COc1c(O)cc2ccc3c(OC)c(O)ccc3c2c1OC. The first-order valence-corrected chi connectivity index (χ1v) is 6.68. The van der Waals surface area contributed by atoms with Gasteiger partial charge in [-0.1, -0.05) is 6.07 Å². The van der Waals surface area contributed by atoms with Gasteiger partial charge in [0.05, 0.1) is 21.3 Å². The molecule has 0 aliphatic heterocycles. The summed E-state index contributed by atoms with van der Waals surface area (Å²) < 4.78 is 16.0. The van der Waals surface area contributed by atoms with Crippen molar-refractivity contribution in [3.8, 4) is 28.7 Å². The number of fused-ring (bicyclic) bond motifs is 3. The van der Waals surface area contributed by atoms with Crippen LogP contribution in [0.5, 0.6) is 28.7 Å². The Bertz CT molecular complexity index is 870. The van der Waals surface area contributed by atoms with E-state index in [1.165, 1.54) is 21.3 Å². The summed E-state index contributed by atoms with van der Waals surface area (Å²) in [6, 6.07) is 8.65. The van der Waals surface area contributed by atoms with Gasteiger partial charge < -0.3 is 24.4 Å². The molecule has 0 saturated carbocycles. The van der Waals surface area contributed by atoms with Crippen LogP contribution in [0, 0.1) is 0 Å². The lowest BCUT2D eigenvalue weighted by molar-refractivity contribution is 0.336. The molecule has 0 bridgehead atoms. The van der Waals surface area contributed by atoms with Gasteiger partial charge in [-0.05, 0) is 35.0 Å². The Morgan fingerprint density at radius 1 is 0.682 bits per heavy atom. The van der Waals surface area contributed by atoms with Crippen molar-refractivity contribution < 1.29 is 24.4 Å². The minimum atomic E-state index is 0.0111. The summed E-state index contributed by atoms with van der Waals surface area (Å²) in [4.78, 5) is 0. The highest BCUT2D eigenvalue weighted by Gasteiger charge is 2.18. The summed E-state index contributed by atoms with van der Waals surface area (Å²) in [5, 5.41) is 23.2. The summed E-state index contributed by atoms with van der Waals surface area (Å²) >= 11 is 0. The van der Waals surface area contributed by atoms with E-state index in [0.29, 0.717) is 11.5 Å². The highest BCUT2D eigenvalue weighted by molar-refractivity contribution is 6.14. The van der Waals surface area contributed by atoms with Crippen LogP contribution >= 0.6 is 0 Å². The summed E-state index contributed by atoms with van der Waals surface area (Å²) in [5.41, 5.74) is 0. The Labute approximate surface area is 127 Å². The van der Waals surface area contributed by atoms with Gasteiger partial charge in [0, 0.05) is 10.8 Å². The number of ether oxygens (including phenoxy) is 3. The minimum absolute atomic E-state index is 0.0111. The predicted octanol–water partition coefficient (Wildman–Crippen LogP) is 3.43. The Morgan fingerprint density at radius 3 is 1.95 bits per heavy atom. The lowest BCUT2D eigenvalue weighted by atomic mass is 9.99. The van der Waals surface area contributed by atoms with Gasteiger partial charge in [-0.15, -0.1) is 0 Å². The maximum atomic E-state index is 10.1. The summed E-state index contributed by atoms with van der Waals surface area (Å²) in [7, 11) is 4.50. The van der Waals surface area contributed by atoms with Crippen LogP contribution < -0.4 is 14.2 Å². The molecule has 0 unspecified atom stereocenters. The Balaban J connectivity index is 2.55. The van der Waals surface area contributed by atoms with Gasteiger partial charge in [0.2, 0.25) is 5.75 Å². The molecule has 2 N–H and O–H groups in total. The highest BCUT2D eigenvalue weighted by Crippen LogP contribution is 2.47. The van der Waals surface area contributed by atoms with E-state index in [-0.39, 0.29) is 17.2 Å². The van der Waals surface area contributed by atoms with E-state index in [4.69, 9.17) is 14.2 Å². The van der Waals surface area contributed by atoms with Crippen LogP contribution in [-0.2, 0) is 0 Å². The zero-order chi connectivity index (χ0) is 15.9. The molecule has 5 heteroatoms. The zero-order valence-corrected chi connectivity index (χ0v) is 12.5. The predicted molar refractivity (Wildman–Crippen MR) is 84.4 cm³/mol. The third-order valence-electron chi connectivity index (χ3n) is 3.73. The molecule has 114 valence electrons. The van der Waals surface area contributed by atoms with Crippen LogP contribution in [0.15, 0.2) is 30.3 Å². The van der Waals surface area contributed by atoms with E-state index in [1.807, 2.05) is 12.1 Å². The number of methoxy groups -OCH3 is 3. The molecule has 0 fully saturated rings. The van der Waals surface area contributed by atoms with Crippen LogP contribution in [0.3, 0.4) is 0 Å². The molecule has 0 spiro atoms. The third kappa shape index (κ3) is 1.86. The van der Waals surface area contributed by atoms with Gasteiger partial charge in [-0.3, -0.25) is 0 Å². The van der Waals surface area contributed by atoms with Crippen LogP contribution in [0.4, 0.5) is 0 Å². The van der Waals surface area contributed by atoms with Gasteiger partial charge >= 0.3 is 0 Å². The molecule has 0 radical (unpaired) electrons. The van der Waals surface area contributed by atoms with Crippen molar-refractivity contribution in [2.24, 2.45) is 0 Å². The summed E-state index contributed by atoms with van der Waals surface area (Å²) in [6.07, 6.45) is 0. The van der Waals surface area contributed by atoms with E-state index in [0.717, 1.165) is 21.5 Å². The molecule has 0 heterocycles. The quantitative estimate of drug-likeness (QED) is 0.725. The number of benzene rings is 3. The van der Waals surface area contributed by atoms with Crippen molar-refractivity contribution in [3.05, 3.63) is 30.3 Å². The van der Waals surface area contributed by atoms with Crippen molar-refractivity contribution in [2.75, 3.05) is 21.3 Å². The lowest BCUT2D eigenvalue weighted by Gasteiger charge is -2.15. The van der Waals surface area contributed by atoms with Crippen molar-refractivity contribution in [1.29, 1.82) is 0 Å². The number of hydrogen-bond donors (Lipinski definition) is 2. The van der Waals surface area contributed by atoms with Gasteiger partial charge in [-0.2, -0.15) is 0 Å². The van der Waals surface area contributed by atoms with Gasteiger partial charge in [0.25, 0.3) is 0 Å². The fraction of sp³-hybridized carbons (Fsp3) is 0.176. The van der Waals surface area contributed by atoms with Crippen molar-refractivity contribution in [2.45, 2.75) is 0 Å². The maximum Gasteiger partial charge on any atom is 0.203 e. The standard InChI is InChI=1S/C17H16O5/c1-20-15-11-5-4-9-8-13(19)16(21-2)17(22-3)14(9)10(11)6-7-12(15)18/h4-8,18-19H,1-3H3. The van der Waals surface area contributed by atoms with Crippen LogP contribution in [-0.4, -0.2) is 31.5 Å². The molecule has 22 heavy (non-hydrogen) atoms. The first-order chi connectivity index (χ1) is 10.6. The molecule has 0 aromatic heterocycles. The smallest absolute Gasteiger partial charge is 0.203 e. The molecule has 0 atom stereocenters. The lowest BCUT2D eigenvalue weighted by Crippen LogP contribution is -1.94. The number of phenols is 2. The second-order valence-electron chi connectivity index (χ2n) is 4.84. The number of hydrogen-bond acceptors (Lipinski definition) is 5. The molecule has 5 nitrogen and oxygen atoms in total. The topological polar surface area (TPSA) is 68.2 Å². The molecular weight excluding hydrogens is 284 g/mol. The van der Waals surface area contributed by atoms with E-state index in [1.54, 1.807) is 18.2 Å². The van der Waals surface area contributed by atoms with Gasteiger partial charge in [-0.25, -0.2) is 0 Å². The van der Waals surface area contributed by atoms with E-state index < -0.39 is 0 Å². The van der Waals surface area contributed by atoms with Gasteiger partial charge in [0.1, 0.15) is 0 Å². The number of rotatable bonds is 3. The van der Waals surface area contributed by atoms with Crippen LogP contribution in [0.2, 0.25) is 0 Å². The molecule has 0 amide bonds. The van der Waals surface area contributed by atoms with Crippen molar-refractivity contribution in [1.82, 2.24) is 0 Å². The Kier molecular flexibility index (Phi) is 3.33. The molecule has 0 aliphatic rings. The highest BCUT2D eigenvalue weighted by atomic mass is 16.5. The second kappa shape index (κ2) is 5.18. The average Bonchev–Trinajstić information content (AvgIpc) is 2.52. The molecular formula is C17H16O5. The fourth-order valence-corrected chi connectivity index (χ4v) is 2.81. The van der Waals surface area contributed by atoms with Crippen molar-refractivity contribution in [3.63, 3.8) is 0 Å². The average molecular weight is 300 g/mol. The first-order valence-electron chi connectivity index (χ1n) is 6.68. The van der Waals surface area contributed by atoms with E-state index in [9.17, 15) is 10.2 Å². The number of phenolic OH excluding ortho intramolecular Hbond substituents is 2. The Morgan fingerprint density at radius 2 is 1.32 bits per heavy atom. The summed E-state index contributed by atoms with van der Waals surface area (Å²) in [6.45, 7) is 0. The maximum absolute atomic E-state index is 10.1. The second-order valence-corrected chi connectivity index (χ2v) is 4.84. The monoisotopic (exact) mass is 300 g/mol. The Hall–Kier alpha value is -2.82. The first kappa shape index (κ1) is 14.1. The van der Waals surface area contributed by atoms with E-state index in [2.05, 4.69) is 0 Å². The van der Waals surface area contributed by atoms with Crippen molar-refractivity contribution >= 4 is 21.5 Å². The largest absolute Gasteiger partial charge is 0.504 e. The minimum Gasteiger partial charge on any atom is -0.504 e. The fourth-order valence-electron chi connectivity index (χ4n) is 2.81. The molecule has 0 aliphatic carbocycles. The van der Waals surface area contributed by atoms with E-state index >= 15 is 0 Å².